The Bertz CT molecular complexity index is 538. The van der Waals surface area contributed by atoms with Crippen LogP contribution in [0.2, 0.25) is 0 Å². The molecular formula is C13H17N3O4. The van der Waals surface area contributed by atoms with Crippen LogP contribution in [0.1, 0.15) is 23.3 Å². The second-order valence-corrected chi connectivity index (χ2v) is 5.06. The normalized spacial score (nSPS) is 29.2. The van der Waals surface area contributed by atoms with E-state index in [1.165, 1.54) is 12.1 Å². The number of morpholine rings is 1. The maximum Gasteiger partial charge on any atom is 0.274 e. The van der Waals surface area contributed by atoms with Gasteiger partial charge in [-0.1, -0.05) is 0 Å². The van der Waals surface area contributed by atoms with Gasteiger partial charge in [0.2, 0.25) is 0 Å². The highest BCUT2D eigenvalue weighted by molar-refractivity contribution is 5.92. The highest BCUT2D eigenvalue weighted by Gasteiger charge is 2.44. The summed E-state index contributed by atoms with van der Waals surface area (Å²) in [5.74, 6) is -0.170. The van der Waals surface area contributed by atoms with Crippen molar-refractivity contribution < 1.29 is 14.3 Å². The summed E-state index contributed by atoms with van der Waals surface area (Å²) in [5.41, 5.74) is -0.0622. The van der Waals surface area contributed by atoms with Crippen LogP contribution in [0.5, 0.6) is 0 Å². The number of methoxy groups -OCH3 is 1. The van der Waals surface area contributed by atoms with Crippen molar-refractivity contribution in [2.24, 2.45) is 0 Å². The van der Waals surface area contributed by atoms with Gasteiger partial charge in [-0.2, -0.15) is 5.10 Å². The van der Waals surface area contributed by atoms with Crippen LogP contribution in [0.25, 0.3) is 0 Å². The fourth-order valence-electron chi connectivity index (χ4n) is 3.03. The number of aromatic amines is 1. The molecule has 1 N–H and O–H groups in total. The lowest BCUT2D eigenvalue weighted by molar-refractivity contribution is -0.0947. The van der Waals surface area contributed by atoms with E-state index in [1.807, 2.05) is 0 Å². The summed E-state index contributed by atoms with van der Waals surface area (Å²) in [5, 5.41) is 6.10. The van der Waals surface area contributed by atoms with Gasteiger partial charge in [0.15, 0.2) is 0 Å². The molecule has 108 valence electrons. The average Bonchev–Trinajstić information content (AvgIpc) is 2.90. The molecule has 20 heavy (non-hydrogen) atoms. The Kier molecular flexibility index (Phi) is 3.54. The van der Waals surface area contributed by atoms with E-state index in [-0.39, 0.29) is 35.4 Å². The number of carbonyl (C=O) groups is 1. The van der Waals surface area contributed by atoms with Crippen molar-refractivity contribution in [3.63, 3.8) is 0 Å². The Morgan fingerprint density at radius 2 is 2.35 bits per heavy atom. The van der Waals surface area contributed by atoms with Crippen molar-refractivity contribution in [3.05, 3.63) is 28.2 Å². The smallest absolute Gasteiger partial charge is 0.274 e. The number of nitrogens with zero attached hydrogens (tertiary/aromatic N) is 2. The summed E-state index contributed by atoms with van der Waals surface area (Å²) in [4.78, 5) is 25.3. The molecule has 1 saturated carbocycles. The number of carbonyl (C=O) groups excluding carboxylic acids is 1. The number of hydrogen-bond donors (Lipinski definition) is 1. The van der Waals surface area contributed by atoms with Crippen molar-refractivity contribution in [1.82, 2.24) is 15.1 Å². The predicted octanol–water partition coefficient (Wildman–Crippen LogP) is -0.212. The molecule has 1 aliphatic carbocycles. The van der Waals surface area contributed by atoms with Crippen molar-refractivity contribution in [2.75, 3.05) is 20.3 Å². The first kappa shape index (κ1) is 13.3. The third-order valence-corrected chi connectivity index (χ3v) is 4.00. The van der Waals surface area contributed by atoms with Gasteiger partial charge in [-0.05, 0) is 18.9 Å². The van der Waals surface area contributed by atoms with Crippen LogP contribution in [0.3, 0.4) is 0 Å². The minimum Gasteiger partial charge on any atom is -0.379 e. The molecule has 1 amide bonds. The van der Waals surface area contributed by atoms with E-state index in [2.05, 4.69) is 10.2 Å². The second kappa shape index (κ2) is 5.34. The fraction of sp³-hybridized carbons (Fsp3) is 0.615. The number of amides is 1. The van der Waals surface area contributed by atoms with E-state index >= 15 is 0 Å². The summed E-state index contributed by atoms with van der Waals surface area (Å²) >= 11 is 0. The molecule has 0 spiro atoms. The summed E-state index contributed by atoms with van der Waals surface area (Å²) in [6, 6.07) is 2.79. The van der Waals surface area contributed by atoms with Gasteiger partial charge in [0, 0.05) is 19.7 Å². The maximum absolute atomic E-state index is 12.5. The quantitative estimate of drug-likeness (QED) is 0.809. The highest BCUT2D eigenvalue weighted by atomic mass is 16.5. The lowest BCUT2D eigenvalue weighted by Crippen LogP contribution is -2.54. The Balaban J connectivity index is 1.81. The Morgan fingerprint density at radius 1 is 1.50 bits per heavy atom. The van der Waals surface area contributed by atoms with Gasteiger partial charge in [-0.25, -0.2) is 5.10 Å². The SMILES string of the molecule is CO[C@@H]1CC[C@H]2[C@H]1OCCN2C(=O)c1ccc(=O)[nH]n1. The van der Waals surface area contributed by atoms with E-state index in [1.54, 1.807) is 12.0 Å². The number of fused-ring (bicyclic) bond motifs is 1. The van der Waals surface area contributed by atoms with Crippen molar-refractivity contribution in [2.45, 2.75) is 31.1 Å². The Labute approximate surface area is 115 Å². The number of aromatic nitrogens is 2. The van der Waals surface area contributed by atoms with Gasteiger partial charge in [0.05, 0.1) is 18.8 Å². The van der Waals surface area contributed by atoms with Crippen molar-refractivity contribution in [1.29, 1.82) is 0 Å². The molecular weight excluding hydrogens is 262 g/mol. The zero-order chi connectivity index (χ0) is 14.1. The van der Waals surface area contributed by atoms with E-state index in [0.717, 1.165) is 12.8 Å². The highest BCUT2D eigenvalue weighted by Crippen LogP contribution is 2.32. The molecule has 3 atom stereocenters. The molecule has 7 nitrogen and oxygen atoms in total. The maximum atomic E-state index is 12.5. The summed E-state index contributed by atoms with van der Waals surface area (Å²) in [6.45, 7) is 1.04. The number of ether oxygens (including phenoxy) is 2. The Hall–Kier alpha value is -1.73. The summed E-state index contributed by atoms with van der Waals surface area (Å²) < 4.78 is 11.1. The average molecular weight is 279 g/mol. The molecule has 0 bridgehead atoms. The van der Waals surface area contributed by atoms with Crippen LogP contribution in [-0.2, 0) is 9.47 Å². The molecule has 1 aromatic rings. The summed E-state index contributed by atoms with van der Waals surface area (Å²) in [6.07, 6.45) is 1.71. The summed E-state index contributed by atoms with van der Waals surface area (Å²) in [7, 11) is 1.67. The fourth-order valence-corrected chi connectivity index (χ4v) is 3.03. The van der Waals surface area contributed by atoms with Crippen LogP contribution < -0.4 is 5.56 Å². The van der Waals surface area contributed by atoms with Gasteiger partial charge in [-0.15, -0.1) is 0 Å². The predicted molar refractivity (Wildman–Crippen MR) is 69.5 cm³/mol. The first-order valence-electron chi connectivity index (χ1n) is 6.72. The molecule has 2 aliphatic rings. The minimum absolute atomic E-state index is 0.0231. The van der Waals surface area contributed by atoms with Gasteiger partial charge in [-0.3, -0.25) is 9.59 Å². The molecule has 2 heterocycles. The molecule has 2 fully saturated rings. The standard InChI is InChI=1S/C13H17N3O4/c1-19-10-4-3-9-12(10)20-7-6-16(9)13(18)8-2-5-11(17)15-14-8/h2,5,9-10,12H,3-4,6-7H2,1H3,(H,15,17)/t9-,10+,12+/m0/s1. The Morgan fingerprint density at radius 3 is 3.05 bits per heavy atom. The third-order valence-electron chi connectivity index (χ3n) is 4.00. The molecule has 1 aromatic heterocycles. The van der Waals surface area contributed by atoms with Crippen molar-refractivity contribution in [3.8, 4) is 0 Å². The number of hydrogen-bond acceptors (Lipinski definition) is 5. The number of nitrogens with one attached hydrogen (secondary N) is 1. The van der Waals surface area contributed by atoms with E-state index in [4.69, 9.17) is 9.47 Å². The number of rotatable bonds is 2. The van der Waals surface area contributed by atoms with E-state index in [9.17, 15) is 9.59 Å². The first-order valence-corrected chi connectivity index (χ1v) is 6.72. The topological polar surface area (TPSA) is 84.5 Å². The lowest BCUT2D eigenvalue weighted by Gasteiger charge is -2.38. The monoisotopic (exact) mass is 279 g/mol. The van der Waals surface area contributed by atoms with Gasteiger partial charge in [0.1, 0.15) is 11.8 Å². The molecule has 0 aromatic carbocycles. The lowest BCUT2D eigenvalue weighted by atomic mass is 10.1. The van der Waals surface area contributed by atoms with Crippen LogP contribution in [0.15, 0.2) is 16.9 Å². The zero-order valence-electron chi connectivity index (χ0n) is 11.2. The van der Waals surface area contributed by atoms with Gasteiger partial charge < -0.3 is 14.4 Å². The molecule has 1 aliphatic heterocycles. The van der Waals surface area contributed by atoms with Crippen LogP contribution in [-0.4, -0.2) is 59.5 Å². The van der Waals surface area contributed by atoms with Gasteiger partial charge in [0.25, 0.3) is 11.5 Å². The van der Waals surface area contributed by atoms with Crippen LogP contribution in [0.4, 0.5) is 0 Å². The molecule has 0 unspecified atom stereocenters. The molecule has 7 heteroatoms. The number of H-pyrrole nitrogens is 1. The third kappa shape index (κ3) is 2.23. The van der Waals surface area contributed by atoms with Crippen molar-refractivity contribution >= 4 is 5.91 Å². The zero-order valence-corrected chi connectivity index (χ0v) is 11.2. The largest absolute Gasteiger partial charge is 0.379 e. The molecule has 3 rings (SSSR count). The first-order chi connectivity index (χ1) is 9.70. The van der Waals surface area contributed by atoms with Crippen LogP contribution in [0, 0.1) is 0 Å². The minimum atomic E-state index is -0.318. The van der Waals surface area contributed by atoms with Gasteiger partial charge >= 0.3 is 0 Å². The molecule has 0 radical (unpaired) electrons. The molecule has 1 saturated heterocycles. The van der Waals surface area contributed by atoms with Crippen LogP contribution >= 0.6 is 0 Å². The van der Waals surface area contributed by atoms with E-state index in [0.29, 0.717) is 13.2 Å². The second-order valence-electron chi connectivity index (χ2n) is 5.06. The van der Waals surface area contributed by atoms with E-state index < -0.39 is 0 Å².